The Bertz CT molecular complexity index is 624. The zero-order valence-electron chi connectivity index (χ0n) is 13.8. The van der Waals surface area contributed by atoms with Gasteiger partial charge in [-0.25, -0.2) is 4.98 Å². The first-order valence-electron chi connectivity index (χ1n) is 7.89. The van der Waals surface area contributed by atoms with Crippen molar-refractivity contribution >= 4 is 17.3 Å². The number of aromatic nitrogens is 1. The molecule has 0 fully saturated rings. The minimum absolute atomic E-state index is 0.144. The van der Waals surface area contributed by atoms with Crippen molar-refractivity contribution in [3.8, 4) is 5.75 Å². The summed E-state index contributed by atoms with van der Waals surface area (Å²) >= 11 is 0. The first-order valence-corrected chi connectivity index (χ1v) is 7.89. The molecule has 1 aromatic carbocycles. The van der Waals surface area contributed by atoms with Crippen LogP contribution in [0.1, 0.15) is 37.7 Å². The molecule has 1 aromatic heterocycles. The van der Waals surface area contributed by atoms with Crippen molar-refractivity contribution in [3.05, 3.63) is 48.3 Å². The maximum atomic E-state index is 12.0. The molecule has 1 heterocycles. The van der Waals surface area contributed by atoms with Crippen LogP contribution >= 0.6 is 0 Å². The molecule has 1 unspecified atom stereocenters. The number of rotatable bonds is 7. The van der Waals surface area contributed by atoms with E-state index in [0.29, 0.717) is 12.3 Å². The van der Waals surface area contributed by atoms with Crippen molar-refractivity contribution in [2.45, 2.75) is 33.2 Å². The molecule has 0 bridgehead atoms. The molecule has 0 aliphatic carbocycles. The second-order valence-corrected chi connectivity index (χ2v) is 5.30. The average Bonchev–Trinajstić information content (AvgIpc) is 2.57. The maximum Gasteiger partial charge on any atom is 0.270 e. The number of hydrogen-bond donors (Lipinski definition) is 2. The average molecular weight is 313 g/mol. The molecule has 23 heavy (non-hydrogen) atoms. The third-order valence-electron chi connectivity index (χ3n) is 3.44. The van der Waals surface area contributed by atoms with E-state index in [1.165, 1.54) is 0 Å². The van der Waals surface area contributed by atoms with E-state index in [1.807, 2.05) is 51.1 Å². The van der Waals surface area contributed by atoms with Gasteiger partial charge in [-0.1, -0.05) is 6.92 Å². The number of pyridine rings is 1. The summed E-state index contributed by atoms with van der Waals surface area (Å²) in [6.45, 7) is 6.61. The van der Waals surface area contributed by atoms with E-state index in [9.17, 15) is 4.79 Å². The van der Waals surface area contributed by atoms with Gasteiger partial charge in [0.05, 0.1) is 18.5 Å². The lowest BCUT2D eigenvalue weighted by molar-refractivity contribution is 0.0934. The number of ether oxygens (including phenoxy) is 1. The molecule has 5 heteroatoms. The van der Waals surface area contributed by atoms with E-state index in [4.69, 9.17) is 4.74 Å². The monoisotopic (exact) mass is 313 g/mol. The number of carbonyl (C=O) groups is 1. The molecular weight excluding hydrogens is 290 g/mol. The molecule has 0 spiro atoms. The molecule has 0 saturated carbocycles. The fraction of sp³-hybridized carbons (Fsp3) is 0.333. The Morgan fingerprint density at radius 3 is 2.39 bits per heavy atom. The van der Waals surface area contributed by atoms with E-state index < -0.39 is 0 Å². The number of amides is 1. The minimum Gasteiger partial charge on any atom is -0.494 e. The molecular formula is C18H23N3O2. The van der Waals surface area contributed by atoms with Gasteiger partial charge in [0.15, 0.2) is 0 Å². The van der Waals surface area contributed by atoms with Gasteiger partial charge in [-0.05, 0) is 56.7 Å². The highest BCUT2D eigenvalue weighted by Crippen LogP contribution is 2.19. The van der Waals surface area contributed by atoms with Crippen LogP contribution in [0.5, 0.6) is 5.75 Å². The zero-order chi connectivity index (χ0) is 16.7. The standard InChI is InChI=1S/C18H23N3O2/c1-4-13(3)20-18(22)17-11-8-15(12-19-17)21-14-6-9-16(10-7-14)23-5-2/h6-13,21H,4-5H2,1-3H3,(H,20,22). The SMILES string of the molecule is CCOc1ccc(Nc2ccc(C(=O)NC(C)CC)nc2)cc1. The summed E-state index contributed by atoms with van der Waals surface area (Å²) in [6, 6.07) is 11.4. The quantitative estimate of drug-likeness (QED) is 0.817. The lowest BCUT2D eigenvalue weighted by atomic mass is 10.2. The van der Waals surface area contributed by atoms with Gasteiger partial charge in [-0.3, -0.25) is 4.79 Å². The highest BCUT2D eigenvalue weighted by molar-refractivity contribution is 5.92. The Kier molecular flexibility index (Phi) is 5.97. The summed E-state index contributed by atoms with van der Waals surface area (Å²) in [5.41, 5.74) is 2.18. The van der Waals surface area contributed by atoms with E-state index in [1.54, 1.807) is 12.3 Å². The molecule has 1 amide bonds. The molecule has 0 aliphatic rings. The van der Waals surface area contributed by atoms with Crippen LogP contribution in [0.25, 0.3) is 0 Å². The summed E-state index contributed by atoms with van der Waals surface area (Å²) < 4.78 is 5.41. The number of benzene rings is 1. The van der Waals surface area contributed by atoms with Crippen LogP contribution in [-0.4, -0.2) is 23.5 Å². The Morgan fingerprint density at radius 1 is 1.13 bits per heavy atom. The summed E-state index contributed by atoms with van der Waals surface area (Å²) in [5.74, 6) is 0.695. The second-order valence-electron chi connectivity index (χ2n) is 5.30. The normalized spacial score (nSPS) is 11.6. The van der Waals surface area contributed by atoms with Crippen molar-refractivity contribution in [1.29, 1.82) is 0 Å². The van der Waals surface area contributed by atoms with Crippen molar-refractivity contribution in [3.63, 3.8) is 0 Å². The van der Waals surface area contributed by atoms with Crippen molar-refractivity contribution < 1.29 is 9.53 Å². The van der Waals surface area contributed by atoms with Crippen LogP contribution in [0.15, 0.2) is 42.6 Å². The Labute approximate surface area is 137 Å². The van der Waals surface area contributed by atoms with Gasteiger partial charge < -0.3 is 15.4 Å². The van der Waals surface area contributed by atoms with Crippen molar-refractivity contribution in [2.75, 3.05) is 11.9 Å². The summed E-state index contributed by atoms with van der Waals surface area (Å²) in [4.78, 5) is 16.2. The van der Waals surface area contributed by atoms with Crippen LogP contribution in [0.3, 0.4) is 0 Å². The lowest BCUT2D eigenvalue weighted by Gasteiger charge is -2.11. The molecule has 0 radical (unpaired) electrons. The first-order chi connectivity index (χ1) is 11.1. The van der Waals surface area contributed by atoms with Gasteiger partial charge in [-0.15, -0.1) is 0 Å². The first kappa shape index (κ1) is 16.8. The molecule has 2 rings (SSSR count). The molecule has 0 saturated heterocycles. The fourth-order valence-electron chi connectivity index (χ4n) is 1.97. The highest BCUT2D eigenvalue weighted by atomic mass is 16.5. The molecule has 1 atom stereocenters. The van der Waals surface area contributed by atoms with Crippen LogP contribution in [0.4, 0.5) is 11.4 Å². The largest absolute Gasteiger partial charge is 0.494 e. The van der Waals surface area contributed by atoms with Gasteiger partial charge in [0.1, 0.15) is 11.4 Å². The Morgan fingerprint density at radius 2 is 1.83 bits per heavy atom. The second kappa shape index (κ2) is 8.17. The third kappa shape index (κ3) is 4.98. The van der Waals surface area contributed by atoms with Gasteiger partial charge in [0, 0.05) is 11.7 Å². The highest BCUT2D eigenvalue weighted by Gasteiger charge is 2.09. The van der Waals surface area contributed by atoms with Gasteiger partial charge in [0.2, 0.25) is 0 Å². The molecule has 2 N–H and O–H groups in total. The van der Waals surface area contributed by atoms with Crippen LogP contribution in [0.2, 0.25) is 0 Å². The van der Waals surface area contributed by atoms with Crippen LogP contribution in [-0.2, 0) is 0 Å². The van der Waals surface area contributed by atoms with E-state index >= 15 is 0 Å². The summed E-state index contributed by atoms with van der Waals surface area (Å²) in [5, 5.41) is 6.14. The molecule has 0 aliphatic heterocycles. The lowest BCUT2D eigenvalue weighted by Crippen LogP contribution is -2.32. The number of nitrogens with zero attached hydrogens (tertiary/aromatic N) is 1. The summed E-state index contributed by atoms with van der Waals surface area (Å²) in [7, 11) is 0. The zero-order valence-corrected chi connectivity index (χ0v) is 13.8. The van der Waals surface area contributed by atoms with E-state index in [-0.39, 0.29) is 11.9 Å². The number of anilines is 2. The third-order valence-corrected chi connectivity index (χ3v) is 3.44. The molecule has 5 nitrogen and oxygen atoms in total. The Hall–Kier alpha value is -2.56. The van der Waals surface area contributed by atoms with Crippen molar-refractivity contribution in [1.82, 2.24) is 10.3 Å². The predicted octanol–water partition coefficient (Wildman–Crippen LogP) is 3.75. The minimum atomic E-state index is -0.146. The van der Waals surface area contributed by atoms with Gasteiger partial charge in [-0.2, -0.15) is 0 Å². The van der Waals surface area contributed by atoms with E-state index in [0.717, 1.165) is 23.5 Å². The molecule has 122 valence electrons. The topological polar surface area (TPSA) is 63.2 Å². The number of carbonyl (C=O) groups excluding carboxylic acids is 1. The summed E-state index contributed by atoms with van der Waals surface area (Å²) in [6.07, 6.45) is 2.55. The fourth-order valence-corrected chi connectivity index (χ4v) is 1.97. The van der Waals surface area contributed by atoms with Gasteiger partial charge in [0.25, 0.3) is 5.91 Å². The Balaban J connectivity index is 1.98. The van der Waals surface area contributed by atoms with E-state index in [2.05, 4.69) is 15.6 Å². The molecule has 2 aromatic rings. The van der Waals surface area contributed by atoms with Gasteiger partial charge >= 0.3 is 0 Å². The maximum absolute atomic E-state index is 12.0. The van der Waals surface area contributed by atoms with Crippen LogP contribution < -0.4 is 15.4 Å². The number of nitrogens with one attached hydrogen (secondary N) is 2. The smallest absolute Gasteiger partial charge is 0.270 e. The predicted molar refractivity (Wildman–Crippen MR) is 92.3 cm³/mol. The number of hydrogen-bond acceptors (Lipinski definition) is 4. The van der Waals surface area contributed by atoms with Crippen molar-refractivity contribution in [2.24, 2.45) is 0 Å². The van der Waals surface area contributed by atoms with Crippen LogP contribution in [0, 0.1) is 0 Å².